The summed E-state index contributed by atoms with van der Waals surface area (Å²) in [5.74, 6) is 1.89. The molecule has 2 nitrogen and oxygen atoms in total. The van der Waals surface area contributed by atoms with Gasteiger partial charge in [-0.15, -0.1) is 0 Å². The molecule has 0 bridgehead atoms. The number of nitrogens with zero attached hydrogens (tertiary/aromatic N) is 1. The van der Waals surface area contributed by atoms with Gasteiger partial charge < -0.3 is 10.2 Å². The minimum absolute atomic E-state index is 0.839. The second kappa shape index (κ2) is 6.02. The van der Waals surface area contributed by atoms with Crippen molar-refractivity contribution in [1.82, 2.24) is 10.2 Å². The van der Waals surface area contributed by atoms with Crippen LogP contribution in [0.25, 0.3) is 0 Å². The normalized spacial score (nSPS) is 30.9. The Kier molecular flexibility index (Phi) is 4.66. The Morgan fingerprint density at radius 2 is 1.88 bits per heavy atom. The van der Waals surface area contributed by atoms with Crippen LogP contribution in [0.4, 0.5) is 0 Å². The van der Waals surface area contributed by atoms with Crippen molar-refractivity contribution < 1.29 is 0 Å². The van der Waals surface area contributed by atoms with Crippen LogP contribution in [0.2, 0.25) is 0 Å². The predicted molar refractivity (Wildman–Crippen MR) is 69.6 cm³/mol. The molecule has 94 valence electrons. The summed E-state index contributed by atoms with van der Waals surface area (Å²) < 4.78 is 0. The third-order valence-electron chi connectivity index (χ3n) is 4.40. The van der Waals surface area contributed by atoms with Crippen LogP contribution in [-0.4, -0.2) is 37.1 Å². The van der Waals surface area contributed by atoms with Gasteiger partial charge in [0.25, 0.3) is 0 Å². The first kappa shape index (κ1) is 12.4. The molecule has 2 rings (SSSR count). The zero-order valence-corrected chi connectivity index (χ0v) is 11.0. The molecule has 2 aliphatic rings. The third-order valence-corrected chi connectivity index (χ3v) is 4.40. The van der Waals surface area contributed by atoms with E-state index in [0.717, 1.165) is 17.9 Å². The SMILES string of the molecule is CC(C)C1CC(NCCCN2CCCC2)C1. The predicted octanol–water partition coefficient (Wildman–Crippen LogP) is 2.50. The second-order valence-electron chi connectivity index (χ2n) is 6.03. The summed E-state index contributed by atoms with van der Waals surface area (Å²) in [6.45, 7) is 9.94. The van der Waals surface area contributed by atoms with Crippen LogP contribution in [0.5, 0.6) is 0 Å². The summed E-state index contributed by atoms with van der Waals surface area (Å²) in [5, 5.41) is 3.70. The molecule has 1 heterocycles. The molecule has 0 spiro atoms. The molecule has 1 N–H and O–H groups in total. The maximum absolute atomic E-state index is 3.70. The molecular weight excluding hydrogens is 196 g/mol. The highest BCUT2D eigenvalue weighted by molar-refractivity contribution is 4.86. The Balaban J connectivity index is 1.44. The standard InChI is InChI=1S/C14H28N2/c1-12(2)13-10-14(11-13)15-6-5-9-16-7-3-4-8-16/h12-15H,3-11H2,1-2H3. The monoisotopic (exact) mass is 224 g/mol. The number of nitrogens with one attached hydrogen (secondary N) is 1. The minimum atomic E-state index is 0.839. The zero-order valence-electron chi connectivity index (χ0n) is 11.0. The fourth-order valence-corrected chi connectivity index (χ4v) is 2.99. The van der Waals surface area contributed by atoms with Crippen molar-refractivity contribution in [2.45, 2.75) is 52.0 Å². The van der Waals surface area contributed by atoms with Gasteiger partial charge in [-0.2, -0.15) is 0 Å². The number of hydrogen-bond donors (Lipinski definition) is 1. The van der Waals surface area contributed by atoms with Gasteiger partial charge in [-0.1, -0.05) is 13.8 Å². The van der Waals surface area contributed by atoms with Gasteiger partial charge >= 0.3 is 0 Å². The van der Waals surface area contributed by atoms with E-state index in [1.807, 2.05) is 0 Å². The molecule has 0 amide bonds. The average Bonchev–Trinajstić information content (AvgIpc) is 2.66. The van der Waals surface area contributed by atoms with Gasteiger partial charge in [0.15, 0.2) is 0 Å². The van der Waals surface area contributed by atoms with Crippen LogP contribution in [0.1, 0.15) is 46.0 Å². The van der Waals surface area contributed by atoms with Crippen molar-refractivity contribution in [2.75, 3.05) is 26.2 Å². The molecule has 0 aromatic carbocycles. The first-order valence-corrected chi connectivity index (χ1v) is 7.21. The molecule has 0 aromatic heterocycles. The molecule has 2 heteroatoms. The summed E-state index contributed by atoms with van der Waals surface area (Å²) in [4.78, 5) is 2.61. The Labute approximate surface area is 101 Å². The number of hydrogen-bond acceptors (Lipinski definition) is 2. The van der Waals surface area contributed by atoms with Gasteiger partial charge in [-0.3, -0.25) is 0 Å². The first-order valence-electron chi connectivity index (χ1n) is 7.21. The lowest BCUT2D eigenvalue weighted by Gasteiger charge is -2.38. The van der Waals surface area contributed by atoms with E-state index in [9.17, 15) is 0 Å². The van der Waals surface area contributed by atoms with E-state index in [0.29, 0.717) is 0 Å². The third kappa shape index (κ3) is 3.46. The first-order chi connectivity index (χ1) is 7.75. The zero-order chi connectivity index (χ0) is 11.4. The van der Waals surface area contributed by atoms with Crippen LogP contribution < -0.4 is 5.32 Å². The largest absolute Gasteiger partial charge is 0.314 e. The van der Waals surface area contributed by atoms with E-state index in [4.69, 9.17) is 0 Å². The van der Waals surface area contributed by atoms with Crippen molar-refractivity contribution in [1.29, 1.82) is 0 Å². The van der Waals surface area contributed by atoms with E-state index >= 15 is 0 Å². The number of rotatable bonds is 6. The smallest absolute Gasteiger partial charge is 0.00725 e. The molecule has 0 aromatic rings. The lowest BCUT2D eigenvalue weighted by Crippen LogP contribution is -2.43. The molecule has 0 radical (unpaired) electrons. The fourth-order valence-electron chi connectivity index (χ4n) is 2.99. The lowest BCUT2D eigenvalue weighted by molar-refractivity contribution is 0.167. The van der Waals surface area contributed by atoms with Gasteiger partial charge in [-0.05, 0) is 70.1 Å². The molecule has 0 atom stereocenters. The van der Waals surface area contributed by atoms with Crippen LogP contribution in [-0.2, 0) is 0 Å². The number of likely N-dealkylation sites (tertiary alicyclic amines) is 1. The lowest BCUT2D eigenvalue weighted by atomic mass is 9.74. The van der Waals surface area contributed by atoms with Crippen LogP contribution in [0, 0.1) is 11.8 Å². The van der Waals surface area contributed by atoms with Crippen molar-refractivity contribution in [3.8, 4) is 0 Å². The average molecular weight is 224 g/mol. The van der Waals surface area contributed by atoms with E-state index in [2.05, 4.69) is 24.1 Å². The Bertz CT molecular complexity index is 191. The van der Waals surface area contributed by atoms with Gasteiger partial charge in [0.2, 0.25) is 0 Å². The topological polar surface area (TPSA) is 15.3 Å². The van der Waals surface area contributed by atoms with Gasteiger partial charge in [-0.25, -0.2) is 0 Å². The fraction of sp³-hybridized carbons (Fsp3) is 1.00. The maximum atomic E-state index is 3.70. The highest BCUT2D eigenvalue weighted by atomic mass is 15.1. The summed E-state index contributed by atoms with van der Waals surface area (Å²) in [7, 11) is 0. The molecule has 2 fully saturated rings. The van der Waals surface area contributed by atoms with Crippen LogP contribution in [0.15, 0.2) is 0 Å². The highest BCUT2D eigenvalue weighted by Gasteiger charge is 2.30. The minimum Gasteiger partial charge on any atom is -0.314 e. The van der Waals surface area contributed by atoms with Crippen molar-refractivity contribution in [2.24, 2.45) is 11.8 Å². The Hall–Kier alpha value is -0.0800. The van der Waals surface area contributed by atoms with Crippen molar-refractivity contribution >= 4 is 0 Å². The maximum Gasteiger partial charge on any atom is 0.00725 e. The molecular formula is C14H28N2. The van der Waals surface area contributed by atoms with Crippen molar-refractivity contribution in [3.05, 3.63) is 0 Å². The summed E-state index contributed by atoms with van der Waals surface area (Å²) in [6, 6.07) is 0.839. The summed E-state index contributed by atoms with van der Waals surface area (Å²) in [5.41, 5.74) is 0. The van der Waals surface area contributed by atoms with E-state index in [1.165, 1.54) is 58.3 Å². The van der Waals surface area contributed by atoms with E-state index in [-0.39, 0.29) is 0 Å². The van der Waals surface area contributed by atoms with E-state index < -0.39 is 0 Å². The van der Waals surface area contributed by atoms with Gasteiger partial charge in [0, 0.05) is 6.04 Å². The molecule has 0 unspecified atom stereocenters. The van der Waals surface area contributed by atoms with Gasteiger partial charge in [0.05, 0.1) is 0 Å². The van der Waals surface area contributed by atoms with Crippen LogP contribution >= 0.6 is 0 Å². The molecule has 1 aliphatic heterocycles. The highest BCUT2D eigenvalue weighted by Crippen LogP contribution is 2.33. The molecule has 16 heavy (non-hydrogen) atoms. The summed E-state index contributed by atoms with van der Waals surface area (Å²) >= 11 is 0. The quantitative estimate of drug-likeness (QED) is 0.697. The van der Waals surface area contributed by atoms with E-state index in [1.54, 1.807) is 0 Å². The second-order valence-corrected chi connectivity index (χ2v) is 6.03. The van der Waals surface area contributed by atoms with Crippen LogP contribution in [0.3, 0.4) is 0 Å². The summed E-state index contributed by atoms with van der Waals surface area (Å²) in [6.07, 6.45) is 7.02. The molecule has 1 aliphatic carbocycles. The van der Waals surface area contributed by atoms with Gasteiger partial charge in [0.1, 0.15) is 0 Å². The Morgan fingerprint density at radius 1 is 1.19 bits per heavy atom. The van der Waals surface area contributed by atoms with Crippen molar-refractivity contribution in [3.63, 3.8) is 0 Å². The molecule has 1 saturated carbocycles. The Morgan fingerprint density at radius 3 is 2.50 bits per heavy atom. The molecule has 1 saturated heterocycles.